The van der Waals surface area contributed by atoms with Gasteiger partial charge >= 0.3 is 5.97 Å². The predicted molar refractivity (Wildman–Crippen MR) is 84.2 cm³/mol. The third kappa shape index (κ3) is 3.97. The molecule has 2 aliphatic heterocycles. The second-order valence-corrected chi connectivity index (χ2v) is 5.91. The Morgan fingerprint density at radius 2 is 2.00 bits per heavy atom. The Bertz CT molecular complexity index is 528. The monoisotopic (exact) mass is 319 g/mol. The Morgan fingerprint density at radius 1 is 1.26 bits per heavy atom. The lowest BCUT2D eigenvalue weighted by Crippen LogP contribution is -2.44. The van der Waals surface area contributed by atoms with Crippen LogP contribution in [0.25, 0.3) is 0 Å². The van der Waals surface area contributed by atoms with Crippen LogP contribution in [-0.4, -0.2) is 66.5 Å². The molecule has 1 aromatic rings. The van der Waals surface area contributed by atoms with Gasteiger partial charge in [-0.3, -0.25) is 4.90 Å². The fourth-order valence-corrected chi connectivity index (χ4v) is 3.01. The van der Waals surface area contributed by atoms with Crippen molar-refractivity contribution >= 4 is 11.8 Å². The molecule has 3 heterocycles. The summed E-state index contributed by atoms with van der Waals surface area (Å²) in [5.41, 5.74) is 0.422. The van der Waals surface area contributed by atoms with E-state index in [1.54, 1.807) is 0 Å². The van der Waals surface area contributed by atoms with Gasteiger partial charge in [0.25, 0.3) is 0 Å². The summed E-state index contributed by atoms with van der Waals surface area (Å²) in [5.74, 6) is 0.262. The smallest absolute Gasteiger partial charge is 0.345 e. The van der Waals surface area contributed by atoms with Gasteiger partial charge in [0.2, 0.25) is 0 Å². The summed E-state index contributed by atoms with van der Waals surface area (Å²) in [7, 11) is 0. The van der Waals surface area contributed by atoms with Crippen LogP contribution in [0.5, 0.6) is 0 Å². The number of hydrogen-bond donors (Lipinski definition) is 0. The summed E-state index contributed by atoms with van der Waals surface area (Å²) in [6.07, 6.45) is 7.26. The van der Waals surface area contributed by atoms with Crippen molar-refractivity contribution in [3.05, 3.63) is 18.1 Å². The second kappa shape index (κ2) is 7.70. The largest absolute Gasteiger partial charge is 0.443 e. The first-order chi connectivity index (χ1) is 11.3. The summed E-state index contributed by atoms with van der Waals surface area (Å²) in [5, 5.41) is 0. The number of carbonyl (C=O) groups is 1. The van der Waals surface area contributed by atoms with Crippen molar-refractivity contribution in [1.29, 1.82) is 0 Å². The normalized spacial score (nSPS) is 21.0. The van der Waals surface area contributed by atoms with E-state index >= 15 is 0 Å². The van der Waals surface area contributed by atoms with Crippen LogP contribution in [0, 0.1) is 6.33 Å². The number of esters is 1. The highest BCUT2D eigenvalue weighted by atomic mass is 16.6. The first kappa shape index (κ1) is 16.1. The van der Waals surface area contributed by atoms with Gasteiger partial charge in [0.15, 0.2) is 12.6 Å². The number of carbonyl (C=O) groups excluding carboxylic acids is 1. The number of morpholine rings is 1. The van der Waals surface area contributed by atoms with E-state index in [4.69, 9.17) is 9.47 Å². The molecule has 1 unspecified atom stereocenters. The highest BCUT2D eigenvalue weighted by Crippen LogP contribution is 2.22. The first-order valence-electron chi connectivity index (χ1n) is 8.26. The van der Waals surface area contributed by atoms with Crippen molar-refractivity contribution in [3.8, 4) is 0 Å². The third-order valence-electron chi connectivity index (χ3n) is 4.36. The number of rotatable bonds is 4. The van der Waals surface area contributed by atoms with Gasteiger partial charge in [-0.25, -0.2) is 14.8 Å². The summed E-state index contributed by atoms with van der Waals surface area (Å²) in [4.78, 5) is 24.9. The maximum absolute atomic E-state index is 12.6. The van der Waals surface area contributed by atoms with Gasteiger partial charge < -0.3 is 14.4 Å². The van der Waals surface area contributed by atoms with Gasteiger partial charge in [0.05, 0.1) is 13.2 Å². The fourth-order valence-electron chi connectivity index (χ4n) is 3.01. The number of piperidine rings is 1. The lowest BCUT2D eigenvalue weighted by Gasteiger charge is -2.32. The van der Waals surface area contributed by atoms with Crippen molar-refractivity contribution in [2.24, 2.45) is 0 Å². The van der Waals surface area contributed by atoms with Crippen LogP contribution >= 0.6 is 0 Å². The fraction of sp³-hybridized carbons (Fsp3) is 0.688. The SMILES string of the molecule is CC(OC(=O)c1cn[c]nc1N1CCCCC1)N1CCOCC1. The quantitative estimate of drug-likeness (QED) is 0.770. The molecule has 0 amide bonds. The minimum Gasteiger partial charge on any atom is -0.443 e. The van der Waals surface area contributed by atoms with E-state index in [0.717, 1.165) is 39.0 Å². The summed E-state index contributed by atoms with van der Waals surface area (Å²) >= 11 is 0. The maximum Gasteiger partial charge on any atom is 0.345 e. The van der Waals surface area contributed by atoms with Gasteiger partial charge in [-0.05, 0) is 26.2 Å². The molecule has 1 aromatic heterocycles. The Balaban J connectivity index is 1.69. The van der Waals surface area contributed by atoms with Crippen molar-refractivity contribution < 1.29 is 14.3 Å². The van der Waals surface area contributed by atoms with Gasteiger partial charge in [0, 0.05) is 32.4 Å². The standard InChI is InChI=1S/C16H23N4O3/c1-13(19-7-9-22-10-8-19)23-16(21)14-11-17-12-18-15(14)20-5-3-2-4-6-20/h11,13H,2-10H2,1H3. The average molecular weight is 319 g/mol. The van der Waals surface area contributed by atoms with Crippen LogP contribution in [-0.2, 0) is 9.47 Å². The van der Waals surface area contributed by atoms with Gasteiger partial charge in [-0.2, -0.15) is 0 Å². The van der Waals surface area contributed by atoms with E-state index in [1.165, 1.54) is 12.6 Å². The summed E-state index contributed by atoms with van der Waals surface area (Å²) in [6.45, 7) is 6.58. The number of anilines is 1. The molecular weight excluding hydrogens is 296 g/mol. The van der Waals surface area contributed by atoms with E-state index in [0.29, 0.717) is 24.6 Å². The zero-order valence-electron chi connectivity index (χ0n) is 13.5. The summed E-state index contributed by atoms with van der Waals surface area (Å²) < 4.78 is 10.9. The highest BCUT2D eigenvalue weighted by molar-refractivity contribution is 5.94. The molecule has 2 aliphatic rings. The maximum atomic E-state index is 12.6. The average Bonchev–Trinajstić information content (AvgIpc) is 2.63. The van der Waals surface area contributed by atoms with Crippen LogP contribution in [0.2, 0.25) is 0 Å². The Labute approximate surface area is 136 Å². The zero-order chi connectivity index (χ0) is 16.1. The zero-order valence-corrected chi connectivity index (χ0v) is 13.5. The van der Waals surface area contributed by atoms with Crippen LogP contribution in [0.4, 0.5) is 5.82 Å². The Morgan fingerprint density at radius 3 is 2.74 bits per heavy atom. The lowest BCUT2D eigenvalue weighted by molar-refractivity contribution is -0.0636. The highest BCUT2D eigenvalue weighted by Gasteiger charge is 2.25. The molecule has 7 nitrogen and oxygen atoms in total. The van der Waals surface area contributed by atoms with Crippen LogP contribution in [0.15, 0.2) is 6.20 Å². The second-order valence-electron chi connectivity index (χ2n) is 5.91. The van der Waals surface area contributed by atoms with Crippen LogP contribution in [0.1, 0.15) is 36.5 Å². The molecule has 125 valence electrons. The van der Waals surface area contributed by atoms with Crippen molar-refractivity contribution in [2.75, 3.05) is 44.3 Å². The molecule has 0 spiro atoms. The number of hydrogen-bond acceptors (Lipinski definition) is 7. The molecule has 0 N–H and O–H groups in total. The van der Waals surface area contributed by atoms with Crippen LogP contribution in [0.3, 0.4) is 0 Å². The molecule has 0 saturated carbocycles. The molecule has 0 aromatic carbocycles. The molecule has 1 atom stereocenters. The molecule has 0 bridgehead atoms. The Kier molecular flexibility index (Phi) is 5.40. The molecule has 23 heavy (non-hydrogen) atoms. The van der Waals surface area contributed by atoms with E-state index in [-0.39, 0.29) is 12.2 Å². The van der Waals surface area contributed by atoms with E-state index in [9.17, 15) is 4.79 Å². The van der Waals surface area contributed by atoms with Crippen molar-refractivity contribution in [3.63, 3.8) is 0 Å². The van der Waals surface area contributed by atoms with Crippen molar-refractivity contribution in [1.82, 2.24) is 14.9 Å². The van der Waals surface area contributed by atoms with E-state index in [2.05, 4.69) is 26.1 Å². The van der Waals surface area contributed by atoms with Crippen LogP contribution < -0.4 is 4.90 Å². The van der Waals surface area contributed by atoms with E-state index in [1.807, 2.05) is 6.92 Å². The Hall–Kier alpha value is -1.73. The molecule has 3 rings (SSSR count). The molecular formula is C16H23N4O3. The number of nitrogens with zero attached hydrogens (tertiary/aromatic N) is 4. The minimum absolute atomic E-state index is 0.287. The van der Waals surface area contributed by atoms with E-state index < -0.39 is 0 Å². The molecule has 2 fully saturated rings. The molecule has 2 saturated heterocycles. The minimum atomic E-state index is -0.376. The molecule has 7 heteroatoms. The summed E-state index contributed by atoms with van der Waals surface area (Å²) in [6, 6.07) is 0. The van der Waals surface area contributed by atoms with Gasteiger partial charge in [-0.1, -0.05) is 0 Å². The third-order valence-corrected chi connectivity index (χ3v) is 4.36. The lowest BCUT2D eigenvalue weighted by atomic mass is 10.1. The molecule has 1 radical (unpaired) electrons. The van der Waals surface area contributed by atoms with Gasteiger partial charge in [-0.15, -0.1) is 0 Å². The number of aromatic nitrogens is 2. The van der Waals surface area contributed by atoms with Crippen molar-refractivity contribution in [2.45, 2.75) is 32.4 Å². The first-order valence-corrected chi connectivity index (χ1v) is 8.26. The topological polar surface area (TPSA) is 67.8 Å². The van der Waals surface area contributed by atoms with Gasteiger partial charge in [0.1, 0.15) is 11.4 Å². The number of ether oxygens (including phenoxy) is 2. The predicted octanol–water partition coefficient (Wildman–Crippen LogP) is 1.10. The molecule has 0 aliphatic carbocycles.